The molecular weight excluding hydrogens is 512 g/mol. The summed E-state index contributed by atoms with van der Waals surface area (Å²) >= 11 is 0. The van der Waals surface area contributed by atoms with Gasteiger partial charge in [-0.15, -0.1) is 0 Å². The monoisotopic (exact) mass is 534 g/mol. The van der Waals surface area contributed by atoms with Crippen molar-refractivity contribution in [3.63, 3.8) is 0 Å². The first kappa shape index (κ1) is 22.0. The fraction of sp³-hybridized carbons (Fsp3) is 0. The van der Waals surface area contributed by atoms with E-state index in [1.54, 1.807) is 0 Å². The van der Waals surface area contributed by atoms with E-state index in [2.05, 4.69) is 124 Å². The molecule has 4 heteroatoms. The molecule has 4 nitrogen and oxygen atoms in total. The molecule has 4 aromatic heterocycles. The molecule has 0 amide bonds. The van der Waals surface area contributed by atoms with Gasteiger partial charge in [0.1, 0.15) is 5.52 Å². The summed E-state index contributed by atoms with van der Waals surface area (Å²) in [5.74, 6) is 0. The Morgan fingerprint density at radius 3 is 1.95 bits per heavy atom. The predicted octanol–water partition coefficient (Wildman–Crippen LogP) is 9.54. The smallest absolute Gasteiger partial charge is 0.165 e. The van der Waals surface area contributed by atoms with Crippen LogP contribution in [0.3, 0.4) is 0 Å². The van der Waals surface area contributed by atoms with Gasteiger partial charge < -0.3 is 4.57 Å². The van der Waals surface area contributed by atoms with Gasteiger partial charge in [-0.05, 0) is 53.6 Å². The maximum absolute atomic E-state index is 5.20. The SMILES string of the molecule is c1ccc(-c2cccc(-n3c4ccccc4c4c5c6ccccc6n6c7nc8ccccc8nc7c(cc43)c56)c2)cc1. The van der Waals surface area contributed by atoms with Crippen LogP contribution in [0.15, 0.2) is 133 Å². The summed E-state index contributed by atoms with van der Waals surface area (Å²) in [5.41, 5.74) is 11.9. The normalized spacial score (nSPS) is 12.3. The Balaban J connectivity index is 1.44. The predicted molar refractivity (Wildman–Crippen MR) is 174 cm³/mol. The molecule has 0 N–H and O–H groups in total. The molecule has 0 aliphatic heterocycles. The maximum atomic E-state index is 5.20. The summed E-state index contributed by atoms with van der Waals surface area (Å²) < 4.78 is 4.75. The molecule has 0 saturated heterocycles. The minimum Gasteiger partial charge on any atom is -0.309 e. The molecule has 0 saturated carbocycles. The minimum absolute atomic E-state index is 0.907. The van der Waals surface area contributed by atoms with Gasteiger partial charge in [-0.25, -0.2) is 9.97 Å². The zero-order valence-corrected chi connectivity index (χ0v) is 22.5. The van der Waals surface area contributed by atoms with E-state index in [1.807, 2.05) is 18.2 Å². The van der Waals surface area contributed by atoms with Crippen molar-refractivity contribution in [2.45, 2.75) is 0 Å². The molecule has 0 aliphatic rings. The Morgan fingerprint density at radius 1 is 0.452 bits per heavy atom. The van der Waals surface area contributed by atoms with Crippen molar-refractivity contribution in [3.05, 3.63) is 133 Å². The highest BCUT2D eigenvalue weighted by Crippen LogP contribution is 2.46. The molecule has 0 aliphatic carbocycles. The Hall–Kier alpha value is -5.74. The number of rotatable bonds is 2. The topological polar surface area (TPSA) is 35.1 Å². The van der Waals surface area contributed by atoms with Crippen LogP contribution in [0.25, 0.3) is 88.0 Å². The van der Waals surface area contributed by atoms with Crippen molar-refractivity contribution >= 4 is 71.2 Å². The third-order valence-electron chi connectivity index (χ3n) is 8.80. The molecule has 42 heavy (non-hydrogen) atoms. The van der Waals surface area contributed by atoms with Crippen LogP contribution < -0.4 is 0 Å². The van der Waals surface area contributed by atoms with Crippen molar-refractivity contribution in [3.8, 4) is 16.8 Å². The molecule has 194 valence electrons. The standard InChI is InChI=1S/C38H22N4/c1-2-11-23(12-3-1)24-13-10-14-25(21-24)41-31-19-8-4-15-26(31)34-33(41)22-28-36-38(40-30-18-7-6-17-29(30)39-36)42-32-20-9-5-16-27(32)35(34)37(28)42/h1-22H. The maximum Gasteiger partial charge on any atom is 0.165 e. The number of nitrogens with zero attached hydrogens (tertiary/aromatic N) is 4. The second kappa shape index (κ2) is 7.93. The summed E-state index contributed by atoms with van der Waals surface area (Å²) in [6.07, 6.45) is 0. The van der Waals surface area contributed by atoms with E-state index >= 15 is 0 Å². The highest BCUT2D eigenvalue weighted by Gasteiger charge is 2.25. The fourth-order valence-electron chi connectivity index (χ4n) is 7.07. The second-order valence-corrected chi connectivity index (χ2v) is 11.0. The summed E-state index contributed by atoms with van der Waals surface area (Å²) in [5, 5.41) is 6.14. The van der Waals surface area contributed by atoms with Crippen molar-refractivity contribution in [1.29, 1.82) is 0 Å². The zero-order valence-electron chi connectivity index (χ0n) is 22.5. The quantitative estimate of drug-likeness (QED) is 0.221. The lowest BCUT2D eigenvalue weighted by Gasteiger charge is -2.10. The Morgan fingerprint density at radius 2 is 1.12 bits per heavy atom. The van der Waals surface area contributed by atoms with Gasteiger partial charge in [-0.3, -0.25) is 4.40 Å². The first-order valence-corrected chi connectivity index (χ1v) is 14.3. The molecule has 0 atom stereocenters. The zero-order chi connectivity index (χ0) is 27.4. The number of hydrogen-bond donors (Lipinski definition) is 0. The number of benzene rings is 6. The van der Waals surface area contributed by atoms with Crippen molar-refractivity contribution in [1.82, 2.24) is 18.9 Å². The highest BCUT2D eigenvalue weighted by atomic mass is 15.0. The van der Waals surface area contributed by atoms with Crippen LogP contribution in [0.5, 0.6) is 0 Å². The molecule has 6 aromatic carbocycles. The van der Waals surface area contributed by atoms with Crippen LogP contribution in [0.2, 0.25) is 0 Å². The molecule has 0 spiro atoms. The lowest BCUT2D eigenvalue weighted by molar-refractivity contribution is 1.18. The molecular formula is C38H22N4. The Labute approximate surface area is 240 Å². The van der Waals surface area contributed by atoms with Gasteiger partial charge in [0, 0.05) is 32.6 Å². The van der Waals surface area contributed by atoms with Gasteiger partial charge in [0.2, 0.25) is 0 Å². The molecule has 0 radical (unpaired) electrons. The van der Waals surface area contributed by atoms with E-state index in [-0.39, 0.29) is 0 Å². The first-order chi connectivity index (χ1) is 20.8. The minimum atomic E-state index is 0.907. The van der Waals surface area contributed by atoms with Gasteiger partial charge in [0.15, 0.2) is 5.65 Å². The van der Waals surface area contributed by atoms with Crippen molar-refractivity contribution in [2.75, 3.05) is 0 Å². The average molecular weight is 535 g/mol. The molecule has 0 bridgehead atoms. The van der Waals surface area contributed by atoms with Crippen LogP contribution in [-0.4, -0.2) is 18.9 Å². The van der Waals surface area contributed by atoms with E-state index in [0.29, 0.717) is 0 Å². The van der Waals surface area contributed by atoms with E-state index in [9.17, 15) is 0 Å². The summed E-state index contributed by atoms with van der Waals surface area (Å²) in [7, 11) is 0. The Bertz CT molecular complexity index is 2680. The summed E-state index contributed by atoms with van der Waals surface area (Å²) in [6.45, 7) is 0. The molecule has 0 unspecified atom stereocenters. The molecule has 10 aromatic rings. The van der Waals surface area contributed by atoms with Crippen LogP contribution in [-0.2, 0) is 0 Å². The number of aromatic nitrogens is 4. The largest absolute Gasteiger partial charge is 0.309 e. The number of hydrogen-bond acceptors (Lipinski definition) is 2. The van der Waals surface area contributed by atoms with E-state index in [0.717, 1.165) is 38.8 Å². The Kier molecular flexibility index (Phi) is 4.15. The van der Waals surface area contributed by atoms with Crippen molar-refractivity contribution in [2.24, 2.45) is 0 Å². The molecule has 4 heterocycles. The lowest BCUT2D eigenvalue weighted by Crippen LogP contribution is -1.94. The van der Waals surface area contributed by atoms with E-state index in [1.165, 1.54) is 49.2 Å². The fourth-order valence-corrected chi connectivity index (χ4v) is 7.07. The van der Waals surface area contributed by atoms with Crippen LogP contribution in [0.4, 0.5) is 0 Å². The number of fused-ring (bicyclic) bond motifs is 11. The lowest BCUT2D eigenvalue weighted by atomic mass is 10.0. The molecule has 10 rings (SSSR count). The van der Waals surface area contributed by atoms with Crippen LogP contribution in [0.1, 0.15) is 0 Å². The van der Waals surface area contributed by atoms with Crippen LogP contribution in [0, 0.1) is 0 Å². The van der Waals surface area contributed by atoms with E-state index < -0.39 is 0 Å². The van der Waals surface area contributed by atoms with E-state index in [4.69, 9.17) is 9.97 Å². The van der Waals surface area contributed by atoms with Gasteiger partial charge in [-0.2, -0.15) is 0 Å². The third-order valence-corrected chi connectivity index (χ3v) is 8.80. The van der Waals surface area contributed by atoms with Crippen LogP contribution >= 0.6 is 0 Å². The van der Waals surface area contributed by atoms with Gasteiger partial charge >= 0.3 is 0 Å². The second-order valence-electron chi connectivity index (χ2n) is 11.0. The summed E-state index contributed by atoms with van der Waals surface area (Å²) in [4.78, 5) is 10.4. The molecule has 0 fully saturated rings. The average Bonchev–Trinajstić information content (AvgIpc) is 3.68. The van der Waals surface area contributed by atoms with Gasteiger partial charge in [0.25, 0.3) is 0 Å². The highest BCUT2D eigenvalue weighted by molar-refractivity contribution is 6.35. The third kappa shape index (κ3) is 2.76. The van der Waals surface area contributed by atoms with Gasteiger partial charge in [0.05, 0.1) is 33.1 Å². The first-order valence-electron chi connectivity index (χ1n) is 14.3. The summed E-state index contributed by atoms with van der Waals surface area (Å²) in [6, 6.07) is 47.5. The van der Waals surface area contributed by atoms with Gasteiger partial charge in [-0.1, -0.05) is 91.0 Å². The van der Waals surface area contributed by atoms with Crippen molar-refractivity contribution < 1.29 is 0 Å². The number of para-hydroxylation sites is 4.